The summed E-state index contributed by atoms with van der Waals surface area (Å²) in [5, 5.41) is 9.20. The highest BCUT2D eigenvalue weighted by atomic mass is 16.3. The van der Waals surface area contributed by atoms with Crippen LogP contribution in [-0.2, 0) is 0 Å². The first-order valence-corrected chi connectivity index (χ1v) is 3.82. The van der Waals surface area contributed by atoms with Gasteiger partial charge in [0, 0.05) is 5.92 Å². The van der Waals surface area contributed by atoms with Crippen molar-refractivity contribution in [3.63, 3.8) is 0 Å². The Bertz CT molecular complexity index is 131. The number of aliphatic hydroxyl groups is 1. The van der Waals surface area contributed by atoms with E-state index >= 15 is 0 Å². The van der Waals surface area contributed by atoms with E-state index in [4.69, 9.17) is 0 Å². The van der Waals surface area contributed by atoms with Crippen molar-refractivity contribution < 1.29 is 5.11 Å². The van der Waals surface area contributed by atoms with Crippen LogP contribution in [0, 0.1) is 5.92 Å². The molecule has 1 aliphatic carbocycles. The van der Waals surface area contributed by atoms with Crippen LogP contribution in [-0.4, -0.2) is 11.2 Å². The Morgan fingerprint density at radius 1 is 1.30 bits per heavy atom. The van der Waals surface area contributed by atoms with Gasteiger partial charge in [-0.2, -0.15) is 0 Å². The third-order valence-corrected chi connectivity index (χ3v) is 1.77. The summed E-state index contributed by atoms with van der Waals surface area (Å²) < 4.78 is 0. The Kier molecular flexibility index (Phi) is 2.69. The molecule has 0 heterocycles. The predicted octanol–water partition coefficient (Wildman–Crippen LogP) is 1.89. The monoisotopic (exact) mass is 138 g/mol. The predicted molar refractivity (Wildman–Crippen MR) is 42.7 cm³/mol. The Morgan fingerprint density at radius 3 is 2.20 bits per heavy atom. The lowest BCUT2D eigenvalue weighted by molar-refractivity contribution is 0.168. The van der Waals surface area contributed by atoms with Gasteiger partial charge in [0.2, 0.25) is 0 Å². The molecule has 0 saturated carbocycles. The van der Waals surface area contributed by atoms with Gasteiger partial charge in [-0.05, 0) is 19.8 Å². The molecule has 0 bridgehead atoms. The van der Waals surface area contributed by atoms with E-state index in [9.17, 15) is 5.11 Å². The molecule has 0 fully saturated rings. The van der Waals surface area contributed by atoms with Gasteiger partial charge in [-0.3, -0.25) is 0 Å². The molecule has 1 rings (SSSR count). The SMILES string of the molecule is CC(O)C1C=CCCC=C1. The number of hydrogen-bond acceptors (Lipinski definition) is 1. The fraction of sp³-hybridized carbons (Fsp3) is 0.556. The van der Waals surface area contributed by atoms with Crippen LogP contribution >= 0.6 is 0 Å². The van der Waals surface area contributed by atoms with E-state index in [1.54, 1.807) is 0 Å². The third-order valence-electron chi connectivity index (χ3n) is 1.77. The number of rotatable bonds is 1. The Hall–Kier alpha value is -0.560. The molecule has 0 radical (unpaired) electrons. The van der Waals surface area contributed by atoms with Crippen molar-refractivity contribution in [2.75, 3.05) is 0 Å². The number of aliphatic hydroxyl groups excluding tert-OH is 1. The van der Waals surface area contributed by atoms with E-state index in [1.165, 1.54) is 0 Å². The van der Waals surface area contributed by atoms with Gasteiger partial charge in [0.25, 0.3) is 0 Å². The molecule has 1 N–H and O–H groups in total. The lowest BCUT2D eigenvalue weighted by Gasteiger charge is -2.09. The number of allylic oxidation sites excluding steroid dienone is 2. The molecule has 1 aliphatic rings. The second-order valence-electron chi connectivity index (χ2n) is 2.75. The van der Waals surface area contributed by atoms with Crippen molar-refractivity contribution >= 4 is 0 Å². The van der Waals surface area contributed by atoms with Crippen LogP contribution in [0.1, 0.15) is 19.8 Å². The Morgan fingerprint density at radius 2 is 1.80 bits per heavy atom. The van der Waals surface area contributed by atoms with Gasteiger partial charge in [-0.1, -0.05) is 24.3 Å². The summed E-state index contributed by atoms with van der Waals surface area (Å²) in [6.45, 7) is 1.82. The van der Waals surface area contributed by atoms with Gasteiger partial charge in [-0.15, -0.1) is 0 Å². The van der Waals surface area contributed by atoms with Crippen molar-refractivity contribution in [3.8, 4) is 0 Å². The minimum absolute atomic E-state index is 0.238. The average Bonchev–Trinajstić information content (AvgIpc) is 2.12. The standard InChI is InChI=1S/C9H14O/c1-8(10)9-6-4-2-3-5-7-9/h4-10H,2-3H2,1H3. The van der Waals surface area contributed by atoms with Crippen LogP contribution in [0.4, 0.5) is 0 Å². The fourth-order valence-corrected chi connectivity index (χ4v) is 1.08. The maximum Gasteiger partial charge on any atom is 0.0609 e. The molecule has 0 aromatic rings. The van der Waals surface area contributed by atoms with Crippen molar-refractivity contribution in [2.45, 2.75) is 25.9 Å². The second-order valence-corrected chi connectivity index (χ2v) is 2.75. The van der Waals surface area contributed by atoms with Crippen LogP contribution in [0.25, 0.3) is 0 Å². The van der Waals surface area contributed by atoms with Gasteiger partial charge in [-0.25, -0.2) is 0 Å². The average molecular weight is 138 g/mol. The summed E-state index contributed by atoms with van der Waals surface area (Å²) in [6, 6.07) is 0. The highest BCUT2D eigenvalue weighted by Gasteiger charge is 2.07. The molecule has 0 spiro atoms. The van der Waals surface area contributed by atoms with E-state index in [0.29, 0.717) is 0 Å². The molecule has 0 saturated heterocycles. The van der Waals surface area contributed by atoms with E-state index in [-0.39, 0.29) is 12.0 Å². The summed E-state index contributed by atoms with van der Waals surface area (Å²) in [5.41, 5.74) is 0. The maximum atomic E-state index is 9.20. The smallest absolute Gasteiger partial charge is 0.0609 e. The van der Waals surface area contributed by atoms with Crippen molar-refractivity contribution in [3.05, 3.63) is 24.3 Å². The fourth-order valence-electron chi connectivity index (χ4n) is 1.08. The summed E-state index contributed by atoms with van der Waals surface area (Å²) in [6.07, 6.45) is 10.4. The summed E-state index contributed by atoms with van der Waals surface area (Å²) in [7, 11) is 0. The highest BCUT2D eigenvalue weighted by Crippen LogP contribution is 2.12. The normalized spacial score (nSPS) is 22.6. The summed E-state index contributed by atoms with van der Waals surface area (Å²) in [5.74, 6) is 0.238. The topological polar surface area (TPSA) is 20.2 Å². The minimum atomic E-state index is -0.245. The lowest BCUT2D eigenvalue weighted by atomic mass is 10.0. The molecule has 1 unspecified atom stereocenters. The first kappa shape index (κ1) is 7.55. The maximum absolute atomic E-state index is 9.20. The molecule has 1 atom stereocenters. The molecule has 0 aromatic heterocycles. The van der Waals surface area contributed by atoms with Crippen LogP contribution in [0.3, 0.4) is 0 Å². The quantitative estimate of drug-likeness (QED) is 0.548. The zero-order valence-corrected chi connectivity index (χ0v) is 6.33. The summed E-state index contributed by atoms with van der Waals surface area (Å²) in [4.78, 5) is 0. The molecule has 10 heavy (non-hydrogen) atoms. The highest BCUT2D eigenvalue weighted by molar-refractivity contribution is 5.06. The van der Waals surface area contributed by atoms with Crippen molar-refractivity contribution in [1.29, 1.82) is 0 Å². The third kappa shape index (κ3) is 1.99. The van der Waals surface area contributed by atoms with Gasteiger partial charge in [0.15, 0.2) is 0 Å². The molecule has 1 nitrogen and oxygen atoms in total. The summed E-state index contributed by atoms with van der Waals surface area (Å²) >= 11 is 0. The van der Waals surface area contributed by atoms with E-state index in [2.05, 4.69) is 24.3 Å². The lowest BCUT2D eigenvalue weighted by Crippen LogP contribution is -2.10. The zero-order chi connectivity index (χ0) is 7.40. The van der Waals surface area contributed by atoms with Crippen LogP contribution in [0.15, 0.2) is 24.3 Å². The van der Waals surface area contributed by atoms with Gasteiger partial charge in [0.1, 0.15) is 0 Å². The van der Waals surface area contributed by atoms with Crippen LogP contribution in [0.2, 0.25) is 0 Å². The Balaban J connectivity index is 2.56. The molecule has 1 heteroatoms. The van der Waals surface area contributed by atoms with Crippen molar-refractivity contribution in [1.82, 2.24) is 0 Å². The molecule has 0 aliphatic heterocycles. The first-order valence-electron chi connectivity index (χ1n) is 3.82. The van der Waals surface area contributed by atoms with E-state index in [0.717, 1.165) is 12.8 Å². The first-order chi connectivity index (χ1) is 4.80. The molecule has 56 valence electrons. The number of hydrogen-bond donors (Lipinski definition) is 1. The molecular weight excluding hydrogens is 124 g/mol. The van der Waals surface area contributed by atoms with Crippen molar-refractivity contribution in [2.24, 2.45) is 5.92 Å². The van der Waals surface area contributed by atoms with E-state index < -0.39 is 0 Å². The molecule has 0 amide bonds. The Labute approximate surface area is 62.1 Å². The largest absolute Gasteiger partial charge is 0.392 e. The molecular formula is C9H14O. The van der Waals surface area contributed by atoms with Gasteiger partial charge < -0.3 is 5.11 Å². The van der Waals surface area contributed by atoms with E-state index in [1.807, 2.05) is 6.92 Å². The molecule has 0 aromatic carbocycles. The van der Waals surface area contributed by atoms with Gasteiger partial charge >= 0.3 is 0 Å². The second kappa shape index (κ2) is 3.57. The van der Waals surface area contributed by atoms with Crippen LogP contribution in [0.5, 0.6) is 0 Å². The van der Waals surface area contributed by atoms with Gasteiger partial charge in [0.05, 0.1) is 6.10 Å². The minimum Gasteiger partial charge on any atom is -0.392 e. The van der Waals surface area contributed by atoms with Crippen LogP contribution < -0.4 is 0 Å². The zero-order valence-electron chi connectivity index (χ0n) is 6.33.